The van der Waals surface area contributed by atoms with Crippen LogP contribution in [0.3, 0.4) is 0 Å². The number of aryl methyl sites for hydroxylation is 1. The van der Waals surface area contributed by atoms with Crippen molar-refractivity contribution < 1.29 is 4.74 Å². The van der Waals surface area contributed by atoms with Gasteiger partial charge in [-0.1, -0.05) is 6.07 Å². The first-order valence-electron chi connectivity index (χ1n) is 4.89. The number of rotatable bonds is 5. The van der Waals surface area contributed by atoms with Crippen molar-refractivity contribution in [2.75, 3.05) is 13.7 Å². The molecule has 1 unspecified atom stereocenters. The average Bonchev–Trinajstić information content (AvgIpc) is 2.21. The minimum absolute atomic E-state index is 0.397. The van der Waals surface area contributed by atoms with E-state index in [2.05, 4.69) is 17.2 Å². The van der Waals surface area contributed by atoms with Crippen molar-refractivity contribution in [3.8, 4) is 0 Å². The van der Waals surface area contributed by atoms with Crippen LogP contribution in [-0.4, -0.2) is 24.7 Å². The molecule has 0 spiro atoms. The monoisotopic (exact) mass is 194 g/mol. The molecule has 14 heavy (non-hydrogen) atoms. The van der Waals surface area contributed by atoms with Gasteiger partial charge in [0.15, 0.2) is 0 Å². The minimum Gasteiger partial charge on any atom is -0.375 e. The average molecular weight is 194 g/mol. The Labute approximate surface area is 85.5 Å². The first kappa shape index (κ1) is 11.1. The molecule has 0 aliphatic rings. The molecule has 0 bridgehead atoms. The van der Waals surface area contributed by atoms with Crippen molar-refractivity contribution >= 4 is 0 Å². The fourth-order valence-electron chi connectivity index (χ4n) is 1.02. The number of nitrogens with zero attached hydrogens (tertiary/aromatic N) is 1. The lowest BCUT2D eigenvalue weighted by Gasteiger charge is -2.10. The van der Waals surface area contributed by atoms with Gasteiger partial charge >= 0.3 is 0 Å². The molecule has 0 radical (unpaired) electrons. The maximum atomic E-state index is 5.51. The summed E-state index contributed by atoms with van der Waals surface area (Å²) in [5.74, 6) is 0. The number of likely N-dealkylation sites (N-methyl/N-ethyl adjacent to an activating group) is 1. The number of ether oxygens (including phenoxy) is 1. The molecule has 0 amide bonds. The van der Waals surface area contributed by atoms with Gasteiger partial charge in [0.25, 0.3) is 0 Å². The summed E-state index contributed by atoms with van der Waals surface area (Å²) in [5.41, 5.74) is 2.16. The molecule has 0 saturated heterocycles. The molecule has 1 aromatic rings. The van der Waals surface area contributed by atoms with E-state index >= 15 is 0 Å². The summed E-state index contributed by atoms with van der Waals surface area (Å²) in [6.07, 6.45) is 1.86. The van der Waals surface area contributed by atoms with Gasteiger partial charge in [0.1, 0.15) is 0 Å². The van der Waals surface area contributed by atoms with Crippen molar-refractivity contribution in [2.45, 2.75) is 26.5 Å². The molecule has 0 fully saturated rings. The van der Waals surface area contributed by atoms with E-state index in [1.54, 1.807) is 0 Å². The zero-order valence-corrected chi connectivity index (χ0v) is 9.08. The van der Waals surface area contributed by atoms with Gasteiger partial charge in [-0.2, -0.15) is 0 Å². The summed E-state index contributed by atoms with van der Waals surface area (Å²) in [7, 11) is 1.93. The number of pyridine rings is 1. The summed E-state index contributed by atoms with van der Waals surface area (Å²) in [4.78, 5) is 4.20. The largest absolute Gasteiger partial charge is 0.375 e. The first-order chi connectivity index (χ1) is 6.72. The zero-order chi connectivity index (χ0) is 10.4. The van der Waals surface area contributed by atoms with E-state index in [-0.39, 0.29) is 0 Å². The van der Waals surface area contributed by atoms with Gasteiger partial charge in [-0.15, -0.1) is 0 Å². The van der Waals surface area contributed by atoms with E-state index in [1.807, 2.05) is 32.3 Å². The van der Waals surface area contributed by atoms with Crippen LogP contribution in [0.25, 0.3) is 0 Å². The maximum Gasteiger partial charge on any atom is 0.0732 e. The molecular weight excluding hydrogens is 176 g/mol. The summed E-state index contributed by atoms with van der Waals surface area (Å²) < 4.78 is 5.51. The van der Waals surface area contributed by atoms with Gasteiger partial charge in [0.05, 0.1) is 13.2 Å². The molecule has 3 nitrogen and oxygen atoms in total. The second-order valence-electron chi connectivity index (χ2n) is 3.51. The third-order valence-corrected chi connectivity index (χ3v) is 2.10. The Morgan fingerprint density at radius 3 is 2.86 bits per heavy atom. The summed E-state index contributed by atoms with van der Waals surface area (Å²) >= 11 is 0. The van der Waals surface area contributed by atoms with Crippen LogP contribution < -0.4 is 5.32 Å². The summed E-state index contributed by atoms with van der Waals surface area (Å²) in [5, 5.41) is 3.12. The maximum absolute atomic E-state index is 5.51. The van der Waals surface area contributed by atoms with E-state index in [0.29, 0.717) is 12.6 Å². The fraction of sp³-hybridized carbons (Fsp3) is 0.545. The Morgan fingerprint density at radius 2 is 2.29 bits per heavy atom. The van der Waals surface area contributed by atoms with Gasteiger partial charge in [0, 0.05) is 17.9 Å². The molecule has 1 aromatic heterocycles. The molecule has 3 heteroatoms. The molecule has 0 aliphatic carbocycles. The second-order valence-corrected chi connectivity index (χ2v) is 3.51. The molecule has 1 N–H and O–H groups in total. The fourth-order valence-corrected chi connectivity index (χ4v) is 1.02. The normalized spacial score (nSPS) is 12.8. The lowest BCUT2D eigenvalue weighted by Crippen LogP contribution is -2.26. The topological polar surface area (TPSA) is 34.1 Å². The highest BCUT2D eigenvalue weighted by Gasteiger charge is 1.98. The third-order valence-electron chi connectivity index (χ3n) is 2.10. The SMILES string of the molecule is CNC(C)COCc1ccc(C)nc1. The number of hydrogen-bond donors (Lipinski definition) is 1. The Balaban J connectivity index is 2.28. The van der Waals surface area contributed by atoms with Crippen molar-refractivity contribution in [1.82, 2.24) is 10.3 Å². The standard InChI is InChI=1S/C11H18N2O/c1-9-4-5-11(6-13-9)8-14-7-10(2)12-3/h4-6,10,12H,7-8H2,1-3H3. The predicted molar refractivity (Wildman–Crippen MR) is 57.2 cm³/mol. The van der Waals surface area contributed by atoms with Gasteiger partial charge in [-0.25, -0.2) is 0 Å². The van der Waals surface area contributed by atoms with Crippen LogP contribution in [0.2, 0.25) is 0 Å². The predicted octanol–water partition coefficient (Wildman–Crippen LogP) is 1.51. The highest BCUT2D eigenvalue weighted by molar-refractivity contribution is 5.11. The van der Waals surface area contributed by atoms with Crippen molar-refractivity contribution in [2.24, 2.45) is 0 Å². The van der Waals surface area contributed by atoms with Gasteiger partial charge in [-0.05, 0) is 32.5 Å². The molecule has 1 atom stereocenters. The van der Waals surface area contributed by atoms with E-state index in [1.165, 1.54) is 0 Å². The van der Waals surface area contributed by atoms with Crippen LogP contribution in [-0.2, 0) is 11.3 Å². The van der Waals surface area contributed by atoms with E-state index in [4.69, 9.17) is 4.74 Å². The molecule has 0 saturated carbocycles. The number of nitrogens with one attached hydrogen (secondary N) is 1. The molecular formula is C11H18N2O. The van der Waals surface area contributed by atoms with Gasteiger partial charge in [0.2, 0.25) is 0 Å². The number of hydrogen-bond acceptors (Lipinski definition) is 3. The third kappa shape index (κ3) is 3.85. The quantitative estimate of drug-likeness (QED) is 0.771. The van der Waals surface area contributed by atoms with Crippen molar-refractivity contribution in [1.29, 1.82) is 0 Å². The Hall–Kier alpha value is -0.930. The van der Waals surface area contributed by atoms with E-state index in [9.17, 15) is 0 Å². The van der Waals surface area contributed by atoms with E-state index in [0.717, 1.165) is 17.9 Å². The smallest absolute Gasteiger partial charge is 0.0732 e. The highest BCUT2D eigenvalue weighted by atomic mass is 16.5. The van der Waals surface area contributed by atoms with Gasteiger partial charge < -0.3 is 10.1 Å². The van der Waals surface area contributed by atoms with E-state index < -0.39 is 0 Å². The molecule has 0 aliphatic heterocycles. The molecule has 1 rings (SSSR count). The summed E-state index contributed by atoms with van der Waals surface area (Å²) in [6, 6.07) is 4.44. The van der Waals surface area contributed by atoms with Crippen LogP contribution in [0.4, 0.5) is 0 Å². The second kappa shape index (κ2) is 5.73. The first-order valence-corrected chi connectivity index (χ1v) is 4.89. The highest BCUT2D eigenvalue weighted by Crippen LogP contribution is 2.01. The lowest BCUT2D eigenvalue weighted by atomic mass is 10.3. The Bertz CT molecular complexity index is 258. The van der Waals surface area contributed by atoms with Crippen molar-refractivity contribution in [3.63, 3.8) is 0 Å². The van der Waals surface area contributed by atoms with Crippen LogP contribution in [0.15, 0.2) is 18.3 Å². The Kier molecular flexibility index (Phi) is 4.56. The zero-order valence-electron chi connectivity index (χ0n) is 9.08. The summed E-state index contributed by atoms with van der Waals surface area (Å²) in [6.45, 7) is 5.44. The molecule has 0 aromatic carbocycles. The minimum atomic E-state index is 0.397. The van der Waals surface area contributed by atoms with Crippen molar-refractivity contribution in [3.05, 3.63) is 29.6 Å². The lowest BCUT2D eigenvalue weighted by molar-refractivity contribution is 0.104. The Morgan fingerprint density at radius 1 is 1.50 bits per heavy atom. The molecule has 1 heterocycles. The van der Waals surface area contributed by atoms with Crippen LogP contribution >= 0.6 is 0 Å². The number of aromatic nitrogens is 1. The van der Waals surface area contributed by atoms with Gasteiger partial charge in [-0.3, -0.25) is 4.98 Å². The van der Waals surface area contributed by atoms with Crippen LogP contribution in [0, 0.1) is 6.92 Å². The van der Waals surface area contributed by atoms with Crippen LogP contribution in [0.1, 0.15) is 18.2 Å². The molecule has 78 valence electrons. The van der Waals surface area contributed by atoms with Crippen LogP contribution in [0.5, 0.6) is 0 Å².